The molecule has 10 heteroatoms. The number of halogens is 3. The van der Waals surface area contributed by atoms with Crippen molar-refractivity contribution in [1.29, 1.82) is 0 Å². The zero-order valence-corrected chi connectivity index (χ0v) is 14.9. The molecule has 0 aliphatic carbocycles. The molecular weight excluding hydrogens is 387 g/mol. The summed E-state index contributed by atoms with van der Waals surface area (Å²) in [5.41, 5.74) is 1.98. The summed E-state index contributed by atoms with van der Waals surface area (Å²) >= 11 is 0. The molecule has 0 unspecified atom stereocenters. The molecule has 0 spiro atoms. The Bertz CT molecular complexity index is 1080. The Morgan fingerprint density at radius 3 is 2.45 bits per heavy atom. The summed E-state index contributed by atoms with van der Waals surface area (Å²) < 4.78 is 49.2. The Balaban J connectivity index is 1.38. The topological polar surface area (TPSA) is 78.9 Å². The first-order chi connectivity index (χ1) is 14.0. The molecule has 7 nitrogen and oxygen atoms in total. The van der Waals surface area contributed by atoms with Gasteiger partial charge < -0.3 is 9.26 Å². The third-order valence-electron chi connectivity index (χ3n) is 3.94. The van der Waals surface area contributed by atoms with Crippen molar-refractivity contribution in [2.75, 3.05) is 0 Å². The van der Waals surface area contributed by atoms with E-state index in [2.05, 4.69) is 25.0 Å². The van der Waals surface area contributed by atoms with Crippen molar-refractivity contribution in [3.63, 3.8) is 0 Å². The molecule has 4 rings (SSSR count). The number of nitrogens with zero attached hydrogens (tertiary/aromatic N) is 5. The lowest BCUT2D eigenvalue weighted by atomic mass is 10.1. The maximum atomic E-state index is 12.6. The monoisotopic (exact) mass is 401 g/mol. The van der Waals surface area contributed by atoms with E-state index >= 15 is 0 Å². The van der Waals surface area contributed by atoms with Crippen LogP contribution in [0.5, 0.6) is 5.75 Å². The van der Waals surface area contributed by atoms with E-state index in [4.69, 9.17) is 4.74 Å². The Morgan fingerprint density at radius 1 is 1.00 bits per heavy atom. The van der Waals surface area contributed by atoms with E-state index in [0.717, 1.165) is 11.3 Å². The van der Waals surface area contributed by atoms with Gasteiger partial charge in [0.15, 0.2) is 0 Å². The Morgan fingerprint density at radius 2 is 1.76 bits per heavy atom. The van der Waals surface area contributed by atoms with Gasteiger partial charge in [0.2, 0.25) is 5.82 Å². The van der Waals surface area contributed by atoms with E-state index < -0.39 is 12.1 Å². The molecule has 0 N–H and O–H groups in total. The van der Waals surface area contributed by atoms with Crippen molar-refractivity contribution in [3.8, 4) is 17.1 Å². The van der Waals surface area contributed by atoms with Crippen LogP contribution < -0.4 is 4.74 Å². The molecule has 0 bridgehead atoms. The van der Waals surface area contributed by atoms with Crippen LogP contribution >= 0.6 is 0 Å². The highest BCUT2D eigenvalue weighted by atomic mass is 19.4. The maximum Gasteiger partial charge on any atom is 0.471 e. The summed E-state index contributed by atoms with van der Waals surface area (Å²) in [7, 11) is 0. The van der Waals surface area contributed by atoms with E-state index in [0.29, 0.717) is 24.4 Å². The van der Waals surface area contributed by atoms with Crippen LogP contribution in [0.3, 0.4) is 0 Å². The highest BCUT2D eigenvalue weighted by molar-refractivity contribution is 5.54. The molecular formula is C19H14F3N5O2. The number of benzene rings is 2. The molecule has 0 amide bonds. The van der Waals surface area contributed by atoms with Crippen molar-refractivity contribution in [1.82, 2.24) is 25.1 Å². The number of alkyl halides is 3. The molecule has 0 aliphatic heterocycles. The van der Waals surface area contributed by atoms with E-state index in [-0.39, 0.29) is 5.82 Å². The molecule has 0 fully saturated rings. The summed E-state index contributed by atoms with van der Waals surface area (Å²) in [6.07, 6.45) is -2.90. The van der Waals surface area contributed by atoms with Crippen LogP contribution in [0.2, 0.25) is 0 Å². The maximum absolute atomic E-state index is 12.6. The van der Waals surface area contributed by atoms with Crippen LogP contribution in [-0.4, -0.2) is 25.1 Å². The van der Waals surface area contributed by atoms with Gasteiger partial charge in [0.1, 0.15) is 18.1 Å². The van der Waals surface area contributed by atoms with Crippen molar-refractivity contribution in [2.45, 2.75) is 19.3 Å². The average molecular weight is 401 g/mol. The number of rotatable bonds is 6. The van der Waals surface area contributed by atoms with Gasteiger partial charge in [0, 0.05) is 5.56 Å². The zero-order chi connectivity index (χ0) is 20.3. The van der Waals surface area contributed by atoms with E-state index in [1.165, 1.54) is 0 Å². The Kier molecular flexibility index (Phi) is 4.98. The highest BCUT2D eigenvalue weighted by Crippen LogP contribution is 2.29. The van der Waals surface area contributed by atoms with Gasteiger partial charge in [-0.2, -0.15) is 18.2 Å². The van der Waals surface area contributed by atoms with Crippen LogP contribution in [0, 0.1) is 0 Å². The van der Waals surface area contributed by atoms with E-state index in [9.17, 15) is 13.2 Å². The van der Waals surface area contributed by atoms with Crippen LogP contribution in [0.15, 0.2) is 65.3 Å². The molecule has 0 saturated heterocycles. The van der Waals surface area contributed by atoms with Crippen LogP contribution in [0.1, 0.15) is 17.1 Å². The third-order valence-corrected chi connectivity index (χ3v) is 3.94. The van der Waals surface area contributed by atoms with Gasteiger partial charge in [-0.15, -0.1) is 5.10 Å². The highest BCUT2D eigenvalue weighted by Gasteiger charge is 2.38. The van der Waals surface area contributed by atoms with Gasteiger partial charge in [-0.1, -0.05) is 52.8 Å². The van der Waals surface area contributed by atoms with E-state index in [1.807, 2.05) is 30.3 Å². The van der Waals surface area contributed by atoms with E-state index in [1.54, 1.807) is 35.1 Å². The van der Waals surface area contributed by atoms with Crippen LogP contribution in [-0.2, 0) is 19.3 Å². The molecule has 2 heterocycles. The predicted molar refractivity (Wildman–Crippen MR) is 94.6 cm³/mol. The SMILES string of the molecule is FC(F)(F)c1nc(-c2ccc(Cn3cc(COc4ccccc4)nn3)cc2)no1. The van der Waals surface area contributed by atoms with Gasteiger partial charge in [-0.3, -0.25) is 0 Å². The first-order valence-corrected chi connectivity index (χ1v) is 8.54. The standard InChI is InChI=1S/C19H14F3N5O2/c20-19(21,22)18-23-17(25-29-18)14-8-6-13(7-9-14)10-27-11-15(24-26-27)12-28-16-4-2-1-3-5-16/h1-9,11H,10,12H2. The molecule has 0 atom stereocenters. The summed E-state index contributed by atoms with van der Waals surface area (Å²) in [5.74, 6) is -0.748. The summed E-state index contributed by atoms with van der Waals surface area (Å²) in [6, 6.07) is 16.1. The molecule has 2 aromatic carbocycles. The van der Waals surface area contributed by atoms with Crippen molar-refractivity contribution in [2.24, 2.45) is 0 Å². The smallest absolute Gasteiger partial charge is 0.471 e. The number of para-hydroxylation sites is 1. The fraction of sp³-hybridized carbons (Fsp3) is 0.158. The number of aromatic nitrogens is 5. The van der Waals surface area contributed by atoms with Gasteiger partial charge in [-0.25, -0.2) is 4.68 Å². The molecule has 148 valence electrons. The van der Waals surface area contributed by atoms with Crippen LogP contribution in [0.25, 0.3) is 11.4 Å². The Labute approximate surface area is 162 Å². The minimum Gasteiger partial charge on any atom is -0.487 e. The molecule has 0 radical (unpaired) electrons. The van der Waals surface area contributed by atoms with Gasteiger partial charge in [0.05, 0.1) is 12.7 Å². The van der Waals surface area contributed by atoms with Gasteiger partial charge in [-0.05, 0) is 17.7 Å². The second kappa shape index (κ2) is 7.74. The lowest BCUT2D eigenvalue weighted by Crippen LogP contribution is -2.04. The predicted octanol–water partition coefficient (Wildman–Crippen LogP) is 3.97. The minimum atomic E-state index is -4.67. The van der Waals surface area contributed by atoms with Gasteiger partial charge in [0.25, 0.3) is 0 Å². The van der Waals surface area contributed by atoms with Gasteiger partial charge >= 0.3 is 12.1 Å². The molecule has 4 aromatic rings. The molecule has 2 aromatic heterocycles. The number of hydrogen-bond acceptors (Lipinski definition) is 6. The quantitative estimate of drug-likeness (QED) is 0.486. The fourth-order valence-corrected chi connectivity index (χ4v) is 2.56. The lowest BCUT2D eigenvalue weighted by molar-refractivity contribution is -0.159. The Hall–Kier alpha value is -3.69. The molecule has 29 heavy (non-hydrogen) atoms. The molecule has 0 saturated carbocycles. The number of ether oxygens (including phenoxy) is 1. The summed E-state index contributed by atoms with van der Waals surface area (Å²) in [6.45, 7) is 0.737. The second-order valence-electron chi connectivity index (χ2n) is 6.13. The minimum absolute atomic E-state index is 0.120. The zero-order valence-electron chi connectivity index (χ0n) is 14.9. The van der Waals surface area contributed by atoms with Crippen molar-refractivity contribution >= 4 is 0 Å². The lowest BCUT2D eigenvalue weighted by Gasteiger charge is -2.03. The summed E-state index contributed by atoms with van der Waals surface area (Å²) in [5, 5.41) is 11.5. The first kappa shape index (κ1) is 18.7. The number of hydrogen-bond donors (Lipinski definition) is 0. The first-order valence-electron chi connectivity index (χ1n) is 8.54. The fourth-order valence-electron chi connectivity index (χ4n) is 2.56. The second-order valence-corrected chi connectivity index (χ2v) is 6.13. The summed E-state index contributed by atoms with van der Waals surface area (Å²) in [4.78, 5) is 3.37. The third kappa shape index (κ3) is 4.60. The normalized spacial score (nSPS) is 11.6. The largest absolute Gasteiger partial charge is 0.487 e. The van der Waals surface area contributed by atoms with Crippen molar-refractivity contribution < 1.29 is 22.4 Å². The molecule has 0 aliphatic rings. The van der Waals surface area contributed by atoms with Crippen LogP contribution in [0.4, 0.5) is 13.2 Å². The van der Waals surface area contributed by atoms with Crippen molar-refractivity contribution in [3.05, 3.63) is 77.9 Å². The average Bonchev–Trinajstić information content (AvgIpc) is 3.37.